The van der Waals surface area contributed by atoms with Crippen LogP contribution in [0.5, 0.6) is 0 Å². The van der Waals surface area contributed by atoms with Crippen molar-refractivity contribution in [3.8, 4) is 0 Å². The van der Waals surface area contributed by atoms with Crippen LogP contribution in [-0.2, 0) is 4.74 Å². The molecular weight excluding hydrogens is 192 g/mol. The number of aromatic nitrogens is 3. The van der Waals surface area contributed by atoms with Gasteiger partial charge in [-0.3, -0.25) is 5.10 Å². The summed E-state index contributed by atoms with van der Waals surface area (Å²) in [6, 6.07) is 3.87. The summed E-state index contributed by atoms with van der Waals surface area (Å²) in [5.41, 5.74) is 8.41. The highest BCUT2D eigenvalue weighted by Crippen LogP contribution is 2.21. The van der Waals surface area contributed by atoms with Crippen LogP contribution in [0.25, 0.3) is 16.6 Å². The molecule has 0 spiro atoms. The number of H-pyrrole nitrogens is 1. The third-order valence-corrected chi connectivity index (χ3v) is 2.49. The Morgan fingerprint density at radius 1 is 1.40 bits per heavy atom. The van der Waals surface area contributed by atoms with Crippen molar-refractivity contribution in [3.63, 3.8) is 0 Å². The van der Waals surface area contributed by atoms with Crippen molar-refractivity contribution in [2.24, 2.45) is 0 Å². The second-order valence-corrected chi connectivity index (χ2v) is 3.45. The van der Waals surface area contributed by atoms with Crippen LogP contribution in [0.4, 0.5) is 5.82 Å². The van der Waals surface area contributed by atoms with E-state index in [1.54, 1.807) is 0 Å². The van der Waals surface area contributed by atoms with Crippen LogP contribution in [0.3, 0.4) is 0 Å². The van der Waals surface area contributed by atoms with Crippen molar-refractivity contribution in [1.82, 2.24) is 15.2 Å². The van der Waals surface area contributed by atoms with Crippen LogP contribution < -0.4 is 5.73 Å². The Morgan fingerprint density at radius 3 is 3.13 bits per heavy atom. The minimum absolute atomic E-state index is 0.487. The van der Waals surface area contributed by atoms with E-state index in [-0.39, 0.29) is 0 Å². The van der Waals surface area contributed by atoms with Crippen LogP contribution in [0.2, 0.25) is 0 Å². The number of nitrogen functional groups attached to an aromatic ring is 1. The molecule has 15 heavy (non-hydrogen) atoms. The number of ether oxygens (including phenoxy) is 1. The minimum atomic E-state index is 0.487. The molecule has 5 heteroatoms. The number of nitrogens with two attached hydrogens (primary N) is 1. The van der Waals surface area contributed by atoms with Gasteiger partial charge in [-0.15, -0.1) is 0 Å². The lowest BCUT2D eigenvalue weighted by Crippen LogP contribution is -1.92. The van der Waals surface area contributed by atoms with Crippen molar-refractivity contribution in [2.75, 3.05) is 18.9 Å². The second-order valence-electron chi connectivity index (χ2n) is 3.45. The van der Waals surface area contributed by atoms with Gasteiger partial charge in [0.2, 0.25) is 0 Å². The summed E-state index contributed by atoms with van der Waals surface area (Å²) in [5, 5.41) is 7.56. The van der Waals surface area contributed by atoms with Gasteiger partial charge in [-0.1, -0.05) is 6.08 Å². The van der Waals surface area contributed by atoms with E-state index in [0.717, 1.165) is 22.3 Å². The standard InChI is InChI=1S/C10H10N4O/c11-9-7-1-2-8(6-3-4-15-5-6)12-10(7)14-13-9/h1-3H,4-5H2,(H3,11,12,13,14). The van der Waals surface area contributed by atoms with Crippen molar-refractivity contribution in [1.29, 1.82) is 0 Å². The van der Waals surface area contributed by atoms with Crippen LogP contribution >= 0.6 is 0 Å². The quantitative estimate of drug-likeness (QED) is 0.721. The van der Waals surface area contributed by atoms with Gasteiger partial charge in [-0.05, 0) is 12.1 Å². The average Bonchev–Trinajstić information content (AvgIpc) is 2.88. The van der Waals surface area contributed by atoms with Gasteiger partial charge < -0.3 is 10.5 Å². The van der Waals surface area contributed by atoms with E-state index in [9.17, 15) is 0 Å². The Bertz CT molecular complexity index is 543. The van der Waals surface area contributed by atoms with Crippen molar-refractivity contribution in [3.05, 3.63) is 23.9 Å². The van der Waals surface area contributed by atoms with E-state index in [0.29, 0.717) is 19.0 Å². The van der Waals surface area contributed by atoms with Gasteiger partial charge in [0.05, 0.1) is 24.3 Å². The van der Waals surface area contributed by atoms with E-state index in [2.05, 4.69) is 15.2 Å². The Balaban J connectivity index is 2.13. The SMILES string of the molecule is Nc1n[nH]c2nc(C3=CCOC3)ccc12. The molecule has 0 atom stereocenters. The molecule has 3 N–H and O–H groups in total. The Kier molecular flexibility index (Phi) is 1.72. The maximum atomic E-state index is 5.66. The topological polar surface area (TPSA) is 76.8 Å². The predicted molar refractivity (Wildman–Crippen MR) is 57.1 cm³/mol. The highest BCUT2D eigenvalue weighted by molar-refractivity contribution is 5.87. The molecule has 0 saturated carbocycles. The fourth-order valence-corrected chi connectivity index (χ4v) is 1.67. The molecule has 3 rings (SSSR count). The van der Waals surface area contributed by atoms with Crippen LogP contribution in [-0.4, -0.2) is 28.4 Å². The Labute approximate surface area is 85.9 Å². The molecule has 0 bridgehead atoms. The molecule has 1 aliphatic heterocycles. The number of hydrogen-bond acceptors (Lipinski definition) is 4. The van der Waals surface area contributed by atoms with Gasteiger partial charge in [0, 0.05) is 5.57 Å². The number of fused-ring (bicyclic) bond motifs is 1. The number of anilines is 1. The molecule has 0 saturated heterocycles. The highest BCUT2D eigenvalue weighted by atomic mass is 16.5. The van der Waals surface area contributed by atoms with Gasteiger partial charge in [0.1, 0.15) is 0 Å². The first-order valence-corrected chi connectivity index (χ1v) is 4.72. The first kappa shape index (κ1) is 8.43. The van der Waals surface area contributed by atoms with Crippen molar-refractivity contribution >= 4 is 22.4 Å². The Hall–Kier alpha value is -1.88. The summed E-state index contributed by atoms with van der Waals surface area (Å²) >= 11 is 0. The molecule has 2 aromatic heterocycles. The minimum Gasteiger partial charge on any atom is -0.382 e. The summed E-state index contributed by atoms with van der Waals surface area (Å²) in [7, 11) is 0. The average molecular weight is 202 g/mol. The smallest absolute Gasteiger partial charge is 0.158 e. The zero-order valence-electron chi connectivity index (χ0n) is 8.03. The third-order valence-electron chi connectivity index (χ3n) is 2.49. The third kappa shape index (κ3) is 1.28. The first-order chi connectivity index (χ1) is 7.34. The summed E-state index contributed by atoms with van der Waals surface area (Å²) in [5.74, 6) is 0.487. The van der Waals surface area contributed by atoms with E-state index in [4.69, 9.17) is 10.5 Å². The van der Waals surface area contributed by atoms with Gasteiger partial charge >= 0.3 is 0 Å². The monoisotopic (exact) mass is 202 g/mol. The van der Waals surface area contributed by atoms with E-state index in [1.165, 1.54) is 0 Å². The van der Waals surface area contributed by atoms with Gasteiger partial charge in [0.15, 0.2) is 11.5 Å². The zero-order chi connectivity index (χ0) is 10.3. The van der Waals surface area contributed by atoms with Crippen molar-refractivity contribution < 1.29 is 4.74 Å². The largest absolute Gasteiger partial charge is 0.382 e. The normalized spacial score (nSPS) is 15.9. The summed E-state index contributed by atoms with van der Waals surface area (Å²) in [4.78, 5) is 4.43. The first-order valence-electron chi connectivity index (χ1n) is 4.72. The number of aromatic amines is 1. The van der Waals surface area contributed by atoms with Crippen molar-refractivity contribution in [2.45, 2.75) is 0 Å². The van der Waals surface area contributed by atoms with E-state index >= 15 is 0 Å². The number of hydrogen-bond donors (Lipinski definition) is 2. The molecule has 0 fully saturated rings. The number of rotatable bonds is 1. The molecular formula is C10H10N4O. The van der Waals surface area contributed by atoms with Gasteiger partial charge in [0.25, 0.3) is 0 Å². The lowest BCUT2D eigenvalue weighted by atomic mass is 10.2. The van der Waals surface area contributed by atoms with Crippen LogP contribution in [0, 0.1) is 0 Å². The number of nitrogens with one attached hydrogen (secondary N) is 1. The molecule has 0 radical (unpaired) electrons. The molecule has 76 valence electrons. The maximum Gasteiger partial charge on any atom is 0.158 e. The lowest BCUT2D eigenvalue weighted by Gasteiger charge is -1.99. The summed E-state index contributed by atoms with van der Waals surface area (Å²) < 4.78 is 5.25. The van der Waals surface area contributed by atoms with Gasteiger partial charge in [-0.25, -0.2) is 4.98 Å². The molecule has 2 aromatic rings. The molecule has 0 amide bonds. The molecule has 5 nitrogen and oxygen atoms in total. The fraction of sp³-hybridized carbons (Fsp3) is 0.200. The number of pyridine rings is 1. The fourth-order valence-electron chi connectivity index (χ4n) is 1.67. The molecule has 1 aliphatic rings. The highest BCUT2D eigenvalue weighted by Gasteiger charge is 2.10. The van der Waals surface area contributed by atoms with Gasteiger partial charge in [-0.2, -0.15) is 5.10 Å². The molecule has 3 heterocycles. The summed E-state index contributed by atoms with van der Waals surface area (Å²) in [6.45, 7) is 1.29. The van der Waals surface area contributed by atoms with Crippen LogP contribution in [0.15, 0.2) is 18.2 Å². The predicted octanol–water partition coefficient (Wildman–Crippen LogP) is 0.954. The lowest BCUT2D eigenvalue weighted by molar-refractivity contribution is 0.216. The van der Waals surface area contributed by atoms with E-state index in [1.807, 2.05) is 18.2 Å². The molecule has 0 unspecified atom stereocenters. The maximum absolute atomic E-state index is 5.66. The Morgan fingerprint density at radius 2 is 2.33 bits per heavy atom. The molecule has 0 aromatic carbocycles. The van der Waals surface area contributed by atoms with Crippen LogP contribution in [0.1, 0.15) is 5.69 Å². The number of nitrogens with zero attached hydrogens (tertiary/aromatic N) is 2. The second kappa shape index (κ2) is 3.06. The zero-order valence-corrected chi connectivity index (χ0v) is 8.03. The van der Waals surface area contributed by atoms with E-state index < -0.39 is 0 Å². The molecule has 0 aliphatic carbocycles. The summed E-state index contributed by atoms with van der Waals surface area (Å²) in [6.07, 6.45) is 2.04.